The number of methoxy groups -OCH3 is 1. The highest BCUT2D eigenvalue weighted by Crippen LogP contribution is 2.16. The van der Waals surface area contributed by atoms with Gasteiger partial charge in [0, 0.05) is 24.0 Å². The molecule has 2 aromatic rings. The third kappa shape index (κ3) is 4.52. The summed E-state index contributed by atoms with van der Waals surface area (Å²) in [5, 5.41) is 8.08. The number of benzene rings is 2. The zero-order valence-electron chi connectivity index (χ0n) is 12.3. The number of rotatable bonds is 4. The summed E-state index contributed by atoms with van der Waals surface area (Å²) >= 11 is 0. The molecule has 0 aliphatic carbocycles. The normalized spacial score (nSPS) is 9.73. The van der Waals surface area contributed by atoms with Gasteiger partial charge in [-0.15, -0.1) is 0 Å². The van der Waals surface area contributed by atoms with Crippen LogP contribution in [0, 0.1) is 0 Å². The standard InChI is InChI=1S/C16H17N3O3/c1-11(20)17-12-3-5-13(6-4-12)18-16(21)19-14-7-9-15(22-2)10-8-14/h3-10H,1-2H3,(H,17,20)(H2,18,19,21). The maximum absolute atomic E-state index is 11.9. The molecule has 0 saturated heterocycles. The molecule has 22 heavy (non-hydrogen) atoms. The van der Waals surface area contributed by atoms with E-state index in [1.807, 2.05) is 0 Å². The fourth-order valence-corrected chi connectivity index (χ4v) is 1.81. The van der Waals surface area contributed by atoms with Crippen molar-refractivity contribution < 1.29 is 14.3 Å². The predicted molar refractivity (Wildman–Crippen MR) is 86.4 cm³/mol. The lowest BCUT2D eigenvalue weighted by Gasteiger charge is -2.09. The first-order valence-electron chi connectivity index (χ1n) is 6.66. The second-order valence-electron chi connectivity index (χ2n) is 4.57. The molecule has 0 atom stereocenters. The molecule has 0 aromatic heterocycles. The highest BCUT2D eigenvalue weighted by molar-refractivity contribution is 6.00. The molecule has 0 saturated carbocycles. The molecule has 2 rings (SSSR count). The Balaban J connectivity index is 1.92. The summed E-state index contributed by atoms with van der Waals surface area (Å²) in [4.78, 5) is 22.8. The van der Waals surface area contributed by atoms with Crippen LogP contribution < -0.4 is 20.7 Å². The van der Waals surface area contributed by atoms with Crippen LogP contribution in [0.2, 0.25) is 0 Å². The van der Waals surface area contributed by atoms with E-state index in [-0.39, 0.29) is 11.9 Å². The summed E-state index contributed by atoms with van der Waals surface area (Å²) in [6.07, 6.45) is 0. The van der Waals surface area contributed by atoms with E-state index in [2.05, 4.69) is 16.0 Å². The predicted octanol–water partition coefficient (Wildman–Crippen LogP) is 3.30. The van der Waals surface area contributed by atoms with Crippen molar-refractivity contribution in [1.29, 1.82) is 0 Å². The fraction of sp³-hybridized carbons (Fsp3) is 0.125. The number of carbonyl (C=O) groups is 2. The average Bonchev–Trinajstić information content (AvgIpc) is 2.49. The number of hydrogen-bond donors (Lipinski definition) is 3. The lowest BCUT2D eigenvalue weighted by atomic mass is 10.2. The summed E-state index contributed by atoms with van der Waals surface area (Å²) in [7, 11) is 1.58. The SMILES string of the molecule is COc1ccc(NC(=O)Nc2ccc(NC(C)=O)cc2)cc1. The van der Waals surface area contributed by atoms with Crippen molar-refractivity contribution in [3.8, 4) is 5.75 Å². The first-order valence-corrected chi connectivity index (χ1v) is 6.66. The van der Waals surface area contributed by atoms with Crippen LogP contribution in [0.4, 0.5) is 21.9 Å². The molecule has 6 nitrogen and oxygen atoms in total. The Morgan fingerprint density at radius 3 is 1.59 bits per heavy atom. The van der Waals surface area contributed by atoms with E-state index in [9.17, 15) is 9.59 Å². The number of nitrogens with one attached hydrogen (secondary N) is 3. The Morgan fingerprint density at radius 2 is 1.18 bits per heavy atom. The molecular weight excluding hydrogens is 282 g/mol. The van der Waals surface area contributed by atoms with Crippen molar-refractivity contribution in [2.75, 3.05) is 23.1 Å². The van der Waals surface area contributed by atoms with Crippen molar-refractivity contribution in [2.24, 2.45) is 0 Å². The molecule has 0 spiro atoms. The second kappa shape index (κ2) is 7.12. The maximum atomic E-state index is 11.9. The Kier molecular flexibility index (Phi) is 4.98. The van der Waals surface area contributed by atoms with E-state index in [4.69, 9.17) is 4.74 Å². The summed E-state index contributed by atoms with van der Waals surface area (Å²) in [5.74, 6) is 0.581. The molecule has 3 N–H and O–H groups in total. The molecule has 0 aliphatic rings. The lowest BCUT2D eigenvalue weighted by Crippen LogP contribution is -2.19. The number of urea groups is 1. The monoisotopic (exact) mass is 299 g/mol. The van der Waals surface area contributed by atoms with Crippen molar-refractivity contribution >= 4 is 29.0 Å². The van der Waals surface area contributed by atoms with Crippen LogP contribution in [-0.2, 0) is 4.79 Å². The molecule has 0 bridgehead atoms. The summed E-state index contributed by atoms with van der Waals surface area (Å²) in [6.45, 7) is 1.44. The summed E-state index contributed by atoms with van der Waals surface area (Å²) in [6, 6.07) is 13.5. The maximum Gasteiger partial charge on any atom is 0.323 e. The van der Waals surface area contributed by atoms with Crippen LogP contribution in [-0.4, -0.2) is 19.0 Å². The molecule has 0 radical (unpaired) electrons. The first kappa shape index (κ1) is 15.4. The van der Waals surface area contributed by atoms with Crippen molar-refractivity contribution in [3.63, 3.8) is 0 Å². The van der Waals surface area contributed by atoms with E-state index in [0.717, 1.165) is 5.75 Å². The van der Waals surface area contributed by atoms with E-state index in [0.29, 0.717) is 17.1 Å². The first-order chi connectivity index (χ1) is 10.6. The Bertz CT molecular complexity index is 651. The lowest BCUT2D eigenvalue weighted by molar-refractivity contribution is -0.114. The van der Waals surface area contributed by atoms with Gasteiger partial charge in [-0.2, -0.15) is 0 Å². The summed E-state index contributed by atoms with van der Waals surface area (Å²) in [5.41, 5.74) is 1.96. The van der Waals surface area contributed by atoms with E-state index in [1.54, 1.807) is 55.6 Å². The van der Waals surface area contributed by atoms with Crippen molar-refractivity contribution in [3.05, 3.63) is 48.5 Å². The van der Waals surface area contributed by atoms with Crippen LogP contribution in [0.1, 0.15) is 6.92 Å². The van der Waals surface area contributed by atoms with Gasteiger partial charge in [-0.25, -0.2) is 4.79 Å². The fourth-order valence-electron chi connectivity index (χ4n) is 1.81. The zero-order valence-corrected chi connectivity index (χ0v) is 12.3. The molecule has 0 aliphatic heterocycles. The van der Waals surface area contributed by atoms with E-state index < -0.39 is 0 Å². The highest BCUT2D eigenvalue weighted by Gasteiger charge is 2.03. The zero-order chi connectivity index (χ0) is 15.9. The molecule has 114 valence electrons. The molecule has 3 amide bonds. The van der Waals surface area contributed by atoms with Crippen molar-refractivity contribution in [1.82, 2.24) is 0 Å². The van der Waals surface area contributed by atoms with Gasteiger partial charge in [-0.05, 0) is 48.5 Å². The van der Waals surface area contributed by atoms with Crippen LogP contribution in [0.15, 0.2) is 48.5 Å². The van der Waals surface area contributed by atoms with Gasteiger partial charge in [0.15, 0.2) is 0 Å². The largest absolute Gasteiger partial charge is 0.497 e. The minimum atomic E-state index is -0.350. The molecule has 0 heterocycles. The minimum Gasteiger partial charge on any atom is -0.497 e. The number of hydrogen-bond acceptors (Lipinski definition) is 3. The van der Waals surface area contributed by atoms with Gasteiger partial charge in [0.25, 0.3) is 0 Å². The molecular formula is C16H17N3O3. The highest BCUT2D eigenvalue weighted by atomic mass is 16.5. The second-order valence-corrected chi connectivity index (χ2v) is 4.57. The van der Waals surface area contributed by atoms with Crippen LogP contribution >= 0.6 is 0 Å². The molecule has 0 fully saturated rings. The van der Waals surface area contributed by atoms with Gasteiger partial charge < -0.3 is 20.7 Å². The Labute approximate surface area is 128 Å². The van der Waals surface area contributed by atoms with Crippen LogP contribution in [0.3, 0.4) is 0 Å². The van der Waals surface area contributed by atoms with Gasteiger partial charge in [-0.1, -0.05) is 0 Å². The van der Waals surface area contributed by atoms with E-state index >= 15 is 0 Å². The van der Waals surface area contributed by atoms with Gasteiger partial charge in [0.2, 0.25) is 5.91 Å². The third-order valence-corrected chi connectivity index (χ3v) is 2.81. The average molecular weight is 299 g/mol. The van der Waals surface area contributed by atoms with Gasteiger partial charge in [-0.3, -0.25) is 4.79 Å². The topological polar surface area (TPSA) is 79.5 Å². The van der Waals surface area contributed by atoms with Crippen LogP contribution in [0.5, 0.6) is 5.75 Å². The Morgan fingerprint density at radius 1 is 0.773 bits per heavy atom. The molecule has 0 unspecified atom stereocenters. The van der Waals surface area contributed by atoms with Crippen molar-refractivity contribution in [2.45, 2.75) is 6.92 Å². The van der Waals surface area contributed by atoms with E-state index in [1.165, 1.54) is 6.92 Å². The number of ether oxygens (including phenoxy) is 1. The number of carbonyl (C=O) groups excluding carboxylic acids is 2. The number of anilines is 3. The summed E-state index contributed by atoms with van der Waals surface area (Å²) < 4.78 is 5.05. The smallest absolute Gasteiger partial charge is 0.323 e. The van der Waals surface area contributed by atoms with Crippen LogP contribution in [0.25, 0.3) is 0 Å². The third-order valence-electron chi connectivity index (χ3n) is 2.81. The molecule has 2 aromatic carbocycles. The minimum absolute atomic E-state index is 0.141. The van der Waals surface area contributed by atoms with Gasteiger partial charge in [0.1, 0.15) is 5.75 Å². The number of amides is 3. The molecule has 6 heteroatoms. The quantitative estimate of drug-likeness (QED) is 0.810. The Hall–Kier alpha value is -3.02. The van der Waals surface area contributed by atoms with Gasteiger partial charge in [0.05, 0.1) is 7.11 Å². The van der Waals surface area contributed by atoms with Gasteiger partial charge >= 0.3 is 6.03 Å².